The maximum absolute atomic E-state index is 14.5. The first kappa shape index (κ1) is 34.3. The molecule has 1 fully saturated rings. The van der Waals surface area contributed by atoms with Crippen LogP contribution in [-0.2, 0) is 27.3 Å². The molecule has 1 heterocycles. The molecule has 11 heteroatoms. The van der Waals surface area contributed by atoms with Crippen molar-refractivity contribution < 1.29 is 28.2 Å². The standard InChI is InChI=1S/C34H43F2N5O4/c1-34(44,40-20-25-6-3-10-31(36)33(25)23-11-12-23)41(2)29(8-5-15-38-32(43)18-37)21-45-22-30(42)9-4-7-28-17-26-16-27(35)14-13-24(26)19-39-28/h3-4,6,9-10,13-14,16-17,19,23,29,40,44H,5,7-8,11-12,15,18,20-22,37H2,1-2H3,(H,38,43)/b9-4+/t29-,34?/m0/s1. The largest absolute Gasteiger partial charge is 0.372 e. The second-order valence-corrected chi connectivity index (χ2v) is 11.7. The zero-order valence-corrected chi connectivity index (χ0v) is 25.9. The van der Waals surface area contributed by atoms with Crippen LogP contribution in [0.5, 0.6) is 0 Å². The summed E-state index contributed by atoms with van der Waals surface area (Å²) in [5.74, 6) is -2.30. The third kappa shape index (κ3) is 10.2. The number of likely N-dealkylation sites (N-methyl/N-ethyl adjacent to an activating group) is 1. The highest BCUT2D eigenvalue weighted by atomic mass is 19.1. The van der Waals surface area contributed by atoms with Crippen molar-refractivity contribution in [2.24, 2.45) is 5.73 Å². The lowest BCUT2D eigenvalue weighted by Gasteiger charge is -2.40. The van der Waals surface area contributed by atoms with Crippen molar-refractivity contribution in [3.8, 4) is 0 Å². The molecule has 5 N–H and O–H groups in total. The van der Waals surface area contributed by atoms with Crippen LogP contribution in [-0.4, -0.2) is 71.9 Å². The maximum atomic E-state index is 14.5. The molecule has 0 bridgehead atoms. The summed E-state index contributed by atoms with van der Waals surface area (Å²) in [7, 11) is 1.75. The monoisotopic (exact) mass is 623 g/mol. The Bertz CT molecular complexity index is 1490. The molecule has 1 saturated carbocycles. The Labute approximate surface area is 262 Å². The first-order valence-electron chi connectivity index (χ1n) is 15.3. The predicted octanol–water partition coefficient (Wildman–Crippen LogP) is 3.69. The Morgan fingerprint density at radius 3 is 2.78 bits per heavy atom. The number of hydrogen-bond acceptors (Lipinski definition) is 8. The second kappa shape index (κ2) is 16.1. The van der Waals surface area contributed by atoms with Crippen LogP contribution in [0.15, 0.2) is 60.8 Å². The van der Waals surface area contributed by atoms with Crippen LogP contribution in [0.4, 0.5) is 8.78 Å². The van der Waals surface area contributed by atoms with Gasteiger partial charge in [-0.2, -0.15) is 0 Å². The molecular weight excluding hydrogens is 580 g/mol. The summed E-state index contributed by atoms with van der Waals surface area (Å²) in [6, 6.07) is 11.0. The molecule has 45 heavy (non-hydrogen) atoms. The normalized spacial score (nSPS) is 15.4. The van der Waals surface area contributed by atoms with E-state index in [1.807, 2.05) is 6.07 Å². The van der Waals surface area contributed by atoms with Gasteiger partial charge in [-0.1, -0.05) is 18.2 Å². The van der Waals surface area contributed by atoms with Crippen LogP contribution in [0.25, 0.3) is 10.8 Å². The third-order valence-corrected chi connectivity index (χ3v) is 8.12. The second-order valence-electron chi connectivity index (χ2n) is 11.7. The predicted molar refractivity (Wildman–Crippen MR) is 169 cm³/mol. The lowest BCUT2D eigenvalue weighted by atomic mass is 10.0. The Balaban J connectivity index is 1.31. The molecule has 1 aliphatic rings. The smallest absolute Gasteiger partial charge is 0.233 e. The molecule has 2 aromatic carbocycles. The number of fused-ring (bicyclic) bond motifs is 1. The molecule has 0 radical (unpaired) electrons. The maximum Gasteiger partial charge on any atom is 0.233 e. The number of aliphatic hydroxyl groups is 1. The molecular formula is C34H43F2N5O4. The molecule has 1 amide bonds. The van der Waals surface area contributed by atoms with Gasteiger partial charge in [0.15, 0.2) is 11.6 Å². The van der Waals surface area contributed by atoms with Crippen LogP contribution >= 0.6 is 0 Å². The Kier molecular flexibility index (Phi) is 12.3. The zero-order chi connectivity index (χ0) is 32.4. The number of amides is 1. The number of aromatic nitrogens is 1. The van der Waals surface area contributed by atoms with E-state index in [0.29, 0.717) is 37.1 Å². The number of ether oxygens (including phenoxy) is 1. The van der Waals surface area contributed by atoms with E-state index in [0.717, 1.165) is 29.2 Å². The first-order chi connectivity index (χ1) is 21.6. The van der Waals surface area contributed by atoms with Crippen molar-refractivity contribution in [2.45, 2.75) is 63.4 Å². The van der Waals surface area contributed by atoms with E-state index in [9.17, 15) is 23.5 Å². The third-order valence-electron chi connectivity index (χ3n) is 8.12. The van der Waals surface area contributed by atoms with Gasteiger partial charge in [-0.3, -0.25) is 24.8 Å². The summed E-state index contributed by atoms with van der Waals surface area (Å²) in [5.41, 5.74) is 7.60. The number of nitrogens with zero attached hydrogens (tertiary/aromatic N) is 2. The van der Waals surface area contributed by atoms with E-state index in [-0.39, 0.29) is 61.6 Å². The average Bonchev–Trinajstić information content (AvgIpc) is 3.86. The van der Waals surface area contributed by atoms with Crippen LogP contribution in [0.2, 0.25) is 0 Å². The van der Waals surface area contributed by atoms with Gasteiger partial charge in [0.1, 0.15) is 18.2 Å². The van der Waals surface area contributed by atoms with E-state index in [1.165, 1.54) is 24.3 Å². The lowest BCUT2D eigenvalue weighted by molar-refractivity contribution is -0.141. The van der Waals surface area contributed by atoms with Gasteiger partial charge in [0.2, 0.25) is 5.91 Å². The molecule has 1 unspecified atom stereocenters. The molecule has 9 nitrogen and oxygen atoms in total. The summed E-state index contributed by atoms with van der Waals surface area (Å²) >= 11 is 0. The van der Waals surface area contributed by atoms with Gasteiger partial charge in [0.05, 0.1) is 13.2 Å². The minimum atomic E-state index is -1.48. The van der Waals surface area contributed by atoms with Crippen molar-refractivity contribution >= 4 is 22.5 Å². The molecule has 4 rings (SSSR count). The minimum Gasteiger partial charge on any atom is -0.372 e. The van der Waals surface area contributed by atoms with Crippen molar-refractivity contribution in [3.05, 3.63) is 89.3 Å². The van der Waals surface area contributed by atoms with Crippen LogP contribution in [0, 0.1) is 11.6 Å². The van der Waals surface area contributed by atoms with Crippen LogP contribution in [0.1, 0.15) is 55.3 Å². The van der Waals surface area contributed by atoms with Gasteiger partial charge in [0.25, 0.3) is 0 Å². The number of ketones is 1. The molecule has 1 aromatic heterocycles. The number of halogens is 2. The summed E-state index contributed by atoms with van der Waals surface area (Å²) in [6.07, 6.45) is 8.26. The van der Waals surface area contributed by atoms with Gasteiger partial charge < -0.3 is 20.9 Å². The highest BCUT2D eigenvalue weighted by Gasteiger charge is 2.33. The fourth-order valence-electron chi connectivity index (χ4n) is 5.26. The number of nitrogens with two attached hydrogens (primary N) is 1. The number of nitrogens with one attached hydrogen (secondary N) is 2. The number of carbonyl (C=O) groups excluding carboxylic acids is 2. The van der Waals surface area contributed by atoms with E-state index in [4.69, 9.17) is 10.5 Å². The highest BCUT2D eigenvalue weighted by Crippen LogP contribution is 2.43. The summed E-state index contributed by atoms with van der Waals surface area (Å²) in [5, 5.41) is 18.9. The van der Waals surface area contributed by atoms with E-state index >= 15 is 0 Å². The van der Waals surface area contributed by atoms with E-state index < -0.39 is 5.85 Å². The van der Waals surface area contributed by atoms with Gasteiger partial charge >= 0.3 is 0 Å². The van der Waals surface area contributed by atoms with Gasteiger partial charge in [-0.05, 0) is 98.5 Å². The number of carbonyl (C=O) groups is 2. The van der Waals surface area contributed by atoms with E-state index in [2.05, 4.69) is 15.6 Å². The van der Waals surface area contributed by atoms with Crippen LogP contribution in [0.3, 0.4) is 0 Å². The summed E-state index contributed by atoms with van der Waals surface area (Å²) in [6.45, 7) is 2.18. The quantitative estimate of drug-likeness (QED) is 0.0960. The SMILES string of the molecule is CN([C@@H](CCCNC(=O)CN)COCC(=O)/C=C/Cc1cc2cc(F)ccc2cn1)C(C)(O)NCc1cccc(F)c1C1CC1. The van der Waals surface area contributed by atoms with Gasteiger partial charge in [-0.15, -0.1) is 0 Å². The lowest BCUT2D eigenvalue weighted by Crippen LogP contribution is -2.59. The van der Waals surface area contributed by atoms with Gasteiger partial charge in [0, 0.05) is 42.8 Å². The molecule has 0 aliphatic heterocycles. The Morgan fingerprint density at radius 2 is 2.02 bits per heavy atom. The number of pyridine rings is 1. The van der Waals surface area contributed by atoms with Crippen LogP contribution < -0.4 is 16.4 Å². The number of benzene rings is 2. The average molecular weight is 624 g/mol. The Hall–Kier alpha value is -3.61. The molecule has 3 aromatic rings. The molecule has 242 valence electrons. The minimum absolute atomic E-state index is 0.0981. The zero-order valence-electron chi connectivity index (χ0n) is 25.9. The molecule has 2 atom stereocenters. The van der Waals surface area contributed by atoms with Crippen molar-refractivity contribution in [1.82, 2.24) is 20.5 Å². The molecule has 1 aliphatic carbocycles. The highest BCUT2D eigenvalue weighted by molar-refractivity contribution is 5.90. The Morgan fingerprint density at radius 1 is 1.22 bits per heavy atom. The fraction of sp³-hybridized carbons (Fsp3) is 0.441. The van der Waals surface area contributed by atoms with E-state index in [1.54, 1.807) is 49.3 Å². The van der Waals surface area contributed by atoms with Crippen molar-refractivity contribution in [3.63, 3.8) is 0 Å². The van der Waals surface area contributed by atoms with Crippen molar-refractivity contribution in [2.75, 3.05) is 33.4 Å². The summed E-state index contributed by atoms with van der Waals surface area (Å²) < 4.78 is 33.9. The number of hydrogen-bond donors (Lipinski definition) is 4. The van der Waals surface area contributed by atoms with Crippen molar-refractivity contribution in [1.29, 1.82) is 0 Å². The number of allylic oxidation sites excluding steroid dienone is 1. The van der Waals surface area contributed by atoms with Gasteiger partial charge in [-0.25, -0.2) is 8.78 Å². The first-order valence-corrected chi connectivity index (χ1v) is 15.3. The molecule has 0 saturated heterocycles. The number of rotatable bonds is 18. The fourth-order valence-corrected chi connectivity index (χ4v) is 5.26. The summed E-state index contributed by atoms with van der Waals surface area (Å²) in [4.78, 5) is 30.2. The topological polar surface area (TPSA) is 130 Å². The molecule has 0 spiro atoms.